The molecule has 22 heavy (non-hydrogen) atoms. The number of hydrogen-bond acceptors (Lipinski definition) is 3. The first kappa shape index (κ1) is 16.3. The Kier molecular flexibility index (Phi) is 4.40. The van der Waals surface area contributed by atoms with Crippen molar-refractivity contribution in [1.82, 2.24) is 9.78 Å². The Morgan fingerprint density at radius 2 is 1.77 bits per heavy atom. The molecule has 2 rings (SSSR count). The van der Waals surface area contributed by atoms with Crippen LogP contribution >= 0.6 is 0 Å². The first-order valence-corrected chi connectivity index (χ1v) is 7.73. The Labute approximate surface area is 131 Å². The number of carbonyl (C=O) groups is 1. The molecular weight excluding hydrogens is 276 g/mol. The van der Waals surface area contributed by atoms with Crippen molar-refractivity contribution in [2.45, 2.75) is 53.0 Å². The molecule has 1 aromatic heterocycles. The van der Waals surface area contributed by atoms with E-state index in [2.05, 4.69) is 38.0 Å². The molecule has 0 bridgehead atoms. The molecule has 1 aromatic carbocycles. The Morgan fingerprint density at radius 1 is 1.18 bits per heavy atom. The van der Waals surface area contributed by atoms with E-state index in [9.17, 15) is 9.90 Å². The van der Waals surface area contributed by atoms with E-state index < -0.39 is 0 Å². The van der Waals surface area contributed by atoms with E-state index in [1.807, 2.05) is 19.1 Å². The molecule has 0 radical (unpaired) electrons. The zero-order valence-electron chi connectivity index (χ0n) is 14.0. The van der Waals surface area contributed by atoms with E-state index in [1.165, 1.54) is 5.56 Å². The highest BCUT2D eigenvalue weighted by Gasteiger charge is 2.22. The summed E-state index contributed by atoms with van der Waals surface area (Å²) in [4.78, 5) is 11.9. The predicted octanol–water partition coefficient (Wildman–Crippen LogP) is 4.17. The lowest BCUT2D eigenvalue weighted by atomic mass is 9.86. The number of Topliss-reactive ketones (excluding diaryl/α,β-unsaturated/α-hetero) is 1. The van der Waals surface area contributed by atoms with Gasteiger partial charge in [0, 0.05) is 18.5 Å². The van der Waals surface area contributed by atoms with Crippen LogP contribution in [0.3, 0.4) is 0 Å². The maximum Gasteiger partial charge on any atom is 0.186 e. The highest BCUT2D eigenvalue weighted by atomic mass is 16.3. The van der Waals surface area contributed by atoms with Crippen LogP contribution in [0, 0.1) is 0 Å². The monoisotopic (exact) mass is 300 g/mol. The molecule has 0 saturated carbocycles. The minimum atomic E-state index is -0.141. The van der Waals surface area contributed by atoms with Crippen molar-refractivity contribution in [2.24, 2.45) is 0 Å². The normalized spacial score (nSPS) is 11.7. The summed E-state index contributed by atoms with van der Waals surface area (Å²) in [5.74, 6) is -0.158. The highest BCUT2D eigenvalue weighted by Crippen LogP contribution is 2.34. The van der Waals surface area contributed by atoms with Crippen LogP contribution in [0.4, 0.5) is 0 Å². The Bertz CT molecular complexity index is 676. The topological polar surface area (TPSA) is 55.1 Å². The van der Waals surface area contributed by atoms with Gasteiger partial charge in [0.2, 0.25) is 0 Å². The van der Waals surface area contributed by atoms with Gasteiger partial charge in [-0.25, -0.2) is 0 Å². The van der Waals surface area contributed by atoms with E-state index in [4.69, 9.17) is 0 Å². The fourth-order valence-corrected chi connectivity index (χ4v) is 2.45. The molecule has 0 spiro atoms. The van der Waals surface area contributed by atoms with Gasteiger partial charge in [0.25, 0.3) is 0 Å². The van der Waals surface area contributed by atoms with Gasteiger partial charge in [0.15, 0.2) is 17.2 Å². The van der Waals surface area contributed by atoms with Crippen molar-refractivity contribution in [1.29, 1.82) is 0 Å². The first-order chi connectivity index (χ1) is 10.3. The molecule has 0 aliphatic rings. The number of aromatic hydroxyl groups is 1. The van der Waals surface area contributed by atoms with Crippen molar-refractivity contribution in [2.75, 3.05) is 0 Å². The predicted molar refractivity (Wildman–Crippen MR) is 88.3 cm³/mol. The first-order valence-electron chi connectivity index (χ1n) is 7.73. The number of hydrogen-bond donors (Lipinski definition) is 1. The number of aromatic nitrogens is 2. The molecule has 0 fully saturated rings. The van der Waals surface area contributed by atoms with Gasteiger partial charge in [-0.3, -0.25) is 9.48 Å². The van der Waals surface area contributed by atoms with Crippen molar-refractivity contribution >= 4 is 5.78 Å². The lowest BCUT2D eigenvalue weighted by molar-refractivity contribution is 0.0980. The lowest BCUT2D eigenvalue weighted by Gasteiger charge is -2.19. The van der Waals surface area contributed by atoms with Gasteiger partial charge in [0.05, 0.1) is 0 Å². The minimum absolute atomic E-state index is 0.0165. The van der Waals surface area contributed by atoms with Crippen molar-refractivity contribution in [3.05, 3.63) is 35.5 Å². The summed E-state index contributed by atoms with van der Waals surface area (Å²) >= 11 is 0. The smallest absolute Gasteiger partial charge is 0.186 e. The van der Waals surface area contributed by atoms with Crippen LogP contribution in [-0.2, 0) is 12.0 Å². The summed E-state index contributed by atoms with van der Waals surface area (Å²) in [6.45, 7) is 10.8. The van der Waals surface area contributed by atoms with Crippen LogP contribution in [0.15, 0.2) is 24.3 Å². The van der Waals surface area contributed by atoms with Gasteiger partial charge in [-0.15, -0.1) is 0 Å². The van der Waals surface area contributed by atoms with Crippen LogP contribution in [0.1, 0.15) is 57.1 Å². The molecule has 4 heteroatoms. The highest BCUT2D eigenvalue weighted by molar-refractivity contribution is 5.98. The van der Waals surface area contributed by atoms with E-state index in [0.29, 0.717) is 18.7 Å². The quantitative estimate of drug-likeness (QED) is 0.862. The van der Waals surface area contributed by atoms with E-state index in [1.54, 1.807) is 11.6 Å². The molecule has 0 aliphatic heterocycles. The summed E-state index contributed by atoms with van der Waals surface area (Å²) in [5.41, 5.74) is 2.95. The summed E-state index contributed by atoms with van der Waals surface area (Å²) < 4.78 is 1.68. The summed E-state index contributed by atoms with van der Waals surface area (Å²) in [7, 11) is 0. The molecule has 0 unspecified atom stereocenters. The molecule has 0 saturated heterocycles. The third-order valence-electron chi connectivity index (χ3n) is 3.84. The molecule has 1 heterocycles. The standard InChI is InChI=1S/C18H24N2O2/c1-6-14(21)15-17(22)16(20(7-2)19-15)12-8-10-13(11-9-12)18(3,4)5/h8-11,22H,6-7H2,1-5H3. The second kappa shape index (κ2) is 5.95. The fraction of sp³-hybridized carbons (Fsp3) is 0.444. The third-order valence-corrected chi connectivity index (χ3v) is 3.84. The summed E-state index contributed by atoms with van der Waals surface area (Å²) in [6.07, 6.45) is 0.330. The SMILES string of the molecule is CCC(=O)c1nn(CC)c(-c2ccc(C(C)(C)C)cc2)c1O. The van der Waals surface area contributed by atoms with Gasteiger partial charge in [0.1, 0.15) is 5.69 Å². The molecular formula is C18H24N2O2. The van der Waals surface area contributed by atoms with Crippen molar-refractivity contribution in [3.63, 3.8) is 0 Å². The van der Waals surface area contributed by atoms with Gasteiger partial charge < -0.3 is 5.11 Å². The average Bonchev–Trinajstić information content (AvgIpc) is 2.82. The Hall–Kier alpha value is -2.10. The van der Waals surface area contributed by atoms with Crippen LogP contribution in [0.2, 0.25) is 0 Å². The summed E-state index contributed by atoms with van der Waals surface area (Å²) in [6, 6.07) is 8.07. The Morgan fingerprint density at radius 3 is 2.23 bits per heavy atom. The van der Waals surface area contributed by atoms with Gasteiger partial charge in [-0.1, -0.05) is 52.0 Å². The van der Waals surface area contributed by atoms with E-state index >= 15 is 0 Å². The average molecular weight is 300 g/mol. The van der Waals surface area contributed by atoms with Gasteiger partial charge in [-0.05, 0) is 17.9 Å². The number of nitrogens with zero attached hydrogens (tertiary/aromatic N) is 2. The molecule has 0 amide bonds. The molecule has 1 N–H and O–H groups in total. The largest absolute Gasteiger partial charge is 0.504 e. The molecule has 0 aliphatic carbocycles. The molecule has 2 aromatic rings. The second-order valence-electron chi connectivity index (χ2n) is 6.47. The van der Waals surface area contributed by atoms with Crippen LogP contribution in [0.5, 0.6) is 5.75 Å². The number of rotatable bonds is 4. The summed E-state index contributed by atoms with van der Waals surface area (Å²) in [5, 5.41) is 14.7. The number of carbonyl (C=O) groups excluding carboxylic acids is 1. The third kappa shape index (κ3) is 2.91. The van der Waals surface area contributed by atoms with E-state index in [-0.39, 0.29) is 22.6 Å². The lowest BCUT2D eigenvalue weighted by Crippen LogP contribution is -2.10. The van der Waals surface area contributed by atoms with Crippen molar-refractivity contribution < 1.29 is 9.90 Å². The van der Waals surface area contributed by atoms with Gasteiger partial charge in [-0.2, -0.15) is 5.10 Å². The van der Waals surface area contributed by atoms with Crippen molar-refractivity contribution in [3.8, 4) is 17.0 Å². The maximum atomic E-state index is 11.9. The number of aryl methyl sites for hydroxylation is 1. The maximum absolute atomic E-state index is 11.9. The van der Waals surface area contributed by atoms with Crippen LogP contribution in [0.25, 0.3) is 11.3 Å². The van der Waals surface area contributed by atoms with E-state index in [0.717, 1.165) is 5.56 Å². The fourth-order valence-electron chi connectivity index (χ4n) is 2.45. The van der Waals surface area contributed by atoms with Gasteiger partial charge >= 0.3 is 0 Å². The zero-order valence-corrected chi connectivity index (χ0v) is 14.0. The molecule has 0 atom stereocenters. The van der Waals surface area contributed by atoms with Crippen LogP contribution in [-0.4, -0.2) is 20.7 Å². The number of ketones is 1. The van der Waals surface area contributed by atoms with Crippen LogP contribution < -0.4 is 0 Å². The molecule has 118 valence electrons. The molecule has 4 nitrogen and oxygen atoms in total. The zero-order chi connectivity index (χ0) is 16.5. The number of benzene rings is 1. The Balaban J connectivity index is 2.52. The minimum Gasteiger partial charge on any atom is -0.504 e. The second-order valence-corrected chi connectivity index (χ2v) is 6.47.